The summed E-state index contributed by atoms with van der Waals surface area (Å²) in [5.41, 5.74) is -0.284. The number of pyridine rings is 2. The number of ether oxygens (including phenoxy) is 1. The van der Waals surface area contributed by atoms with E-state index in [-0.39, 0.29) is 33.8 Å². The van der Waals surface area contributed by atoms with E-state index in [0.717, 1.165) is 6.20 Å². The molecule has 1 unspecified atom stereocenters. The van der Waals surface area contributed by atoms with Gasteiger partial charge in [-0.1, -0.05) is 19.9 Å². The lowest BCUT2D eigenvalue weighted by Gasteiger charge is -2.23. The van der Waals surface area contributed by atoms with E-state index in [2.05, 4.69) is 10.3 Å². The van der Waals surface area contributed by atoms with Crippen LogP contribution in [-0.2, 0) is 4.74 Å². The molecule has 0 bridgehead atoms. The fraction of sp³-hybridized carbons (Fsp3) is 0.250. The van der Waals surface area contributed by atoms with Crippen LogP contribution in [0.4, 0.5) is 8.78 Å². The van der Waals surface area contributed by atoms with Crippen LogP contribution in [0.2, 0.25) is 0 Å². The van der Waals surface area contributed by atoms with Crippen molar-refractivity contribution in [2.24, 2.45) is 0 Å². The van der Waals surface area contributed by atoms with E-state index < -0.39 is 18.4 Å². The quantitative estimate of drug-likeness (QED) is 0.794. The van der Waals surface area contributed by atoms with Crippen molar-refractivity contribution in [2.75, 3.05) is 7.11 Å². The van der Waals surface area contributed by atoms with Gasteiger partial charge in [0.1, 0.15) is 17.6 Å². The summed E-state index contributed by atoms with van der Waals surface area (Å²) >= 11 is 0. The van der Waals surface area contributed by atoms with Crippen LogP contribution >= 0.6 is 0 Å². The average molecular weight is 405 g/mol. The van der Waals surface area contributed by atoms with Crippen molar-refractivity contribution in [3.05, 3.63) is 76.2 Å². The SMILES string of the molecule is CC.COC1=CNC(C(F)F)C=C1c1cc(-n2ccccc2=O)ncc1C(=O)O. The van der Waals surface area contributed by atoms with Crippen LogP contribution in [0.3, 0.4) is 0 Å². The summed E-state index contributed by atoms with van der Waals surface area (Å²) in [7, 11) is 1.34. The maximum absolute atomic E-state index is 13.1. The van der Waals surface area contributed by atoms with Gasteiger partial charge in [-0.05, 0) is 18.2 Å². The lowest BCUT2D eigenvalue weighted by Crippen LogP contribution is -2.33. The standard InChI is InChI=1S/C18H15F2N3O4.C2H6/c1-27-14-9-21-13(17(19)20)6-11(14)10-7-15(22-8-12(10)18(25)26)23-5-3-2-4-16(23)24;1-2/h2-9,13,17,21H,1H3,(H,25,26);1-2H3. The molecule has 2 N–H and O–H groups in total. The highest BCUT2D eigenvalue weighted by molar-refractivity contribution is 5.96. The summed E-state index contributed by atoms with van der Waals surface area (Å²) in [6.45, 7) is 4.00. The molecule has 0 aliphatic carbocycles. The van der Waals surface area contributed by atoms with E-state index in [1.165, 1.54) is 42.3 Å². The van der Waals surface area contributed by atoms with Gasteiger partial charge >= 0.3 is 5.97 Å². The number of allylic oxidation sites excluding steroid dienone is 1. The smallest absolute Gasteiger partial charge is 0.337 e. The number of carboxylic acid groups (broad SMARTS) is 1. The molecule has 2 aromatic rings. The third-order valence-electron chi connectivity index (χ3n) is 3.99. The second-order valence-corrected chi connectivity index (χ2v) is 5.62. The normalized spacial score (nSPS) is 15.4. The number of aromatic carboxylic acids is 1. The zero-order valence-corrected chi connectivity index (χ0v) is 16.1. The molecule has 0 spiro atoms. The Morgan fingerprint density at radius 2 is 2.07 bits per heavy atom. The summed E-state index contributed by atoms with van der Waals surface area (Å²) in [6, 6.07) is 4.54. The largest absolute Gasteiger partial charge is 0.495 e. The number of alkyl halides is 2. The highest BCUT2D eigenvalue weighted by atomic mass is 19.3. The molecule has 1 aliphatic rings. The predicted octanol–water partition coefficient (Wildman–Crippen LogP) is 3.07. The predicted molar refractivity (Wildman–Crippen MR) is 104 cm³/mol. The molecular weight excluding hydrogens is 384 g/mol. The molecule has 2 aromatic heterocycles. The molecule has 3 heterocycles. The minimum absolute atomic E-state index is 0.114. The summed E-state index contributed by atoms with van der Waals surface area (Å²) in [5.74, 6) is -0.941. The van der Waals surface area contributed by atoms with E-state index in [1.807, 2.05) is 13.8 Å². The van der Waals surface area contributed by atoms with Gasteiger partial charge in [-0.2, -0.15) is 0 Å². The number of carboxylic acids is 1. The zero-order valence-electron chi connectivity index (χ0n) is 16.1. The first-order chi connectivity index (χ1) is 13.9. The molecule has 1 atom stereocenters. The zero-order chi connectivity index (χ0) is 21.6. The van der Waals surface area contributed by atoms with Gasteiger partial charge in [0.05, 0.1) is 12.7 Å². The van der Waals surface area contributed by atoms with Crippen LogP contribution in [-0.4, -0.2) is 40.2 Å². The van der Waals surface area contributed by atoms with Crippen molar-refractivity contribution in [3.8, 4) is 5.82 Å². The monoisotopic (exact) mass is 405 g/mol. The maximum Gasteiger partial charge on any atom is 0.337 e. The van der Waals surface area contributed by atoms with Gasteiger partial charge in [0.15, 0.2) is 0 Å². The third-order valence-corrected chi connectivity index (χ3v) is 3.99. The molecule has 9 heteroatoms. The third kappa shape index (κ3) is 4.68. The molecule has 154 valence electrons. The first-order valence-corrected chi connectivity index (χ1v) is 8.84. The second-order valence-electron chi connectivity index (χ2n) is 5.62. The number of nitrogens with zero attached hydrogens (tertiary/aromatic N) is 2. The highest BCUT2D eigenvalue weighted by Gasteiger charge is 2.27. The average Bonchev–Trinajstić information content (AvgIpc) is 2.74. The Morgan fingerprint density at radius 3 is 2.66 bits per heavy atom. The van der Waals surface area contributed by atoms with Crippen molar-refractivity contribution < 1.29 is 23.4 Å². The van der Waals surface area contributed by atoms with E-state index >= 15 is 0 Å². The maximum atomic E-state index is 13.1. The fourth-order valence-electron chi connectivity index (χ4n) is 2.68. The van der Waals surface area contributed by atoms with E-state index in [0.29, 0.717) is 0 Å². The second kappa shape index (κ2) is 9.63. The molecule has 1 aliphatic heterocycles. The van der Waals surface area contributed by atoms with Gasteiger partial charge in [-0.15, -0.1) is 0 Å². The number of hydrogen-bond donors (Lipinski definition) is 2. The molecule has 0 saturated carbocycles. The van der Waals surface area contributed by atoms with Crippen LogP contribution in [0.15, 0.2) is 59.5 Å². The van der Waals surface area contributed by atoms with Crippen LogP contribution < -0.4 is 10.9 Å². The van der Waals surface area contributed by atoms with Gasteiger partial charge in [-0.25, -0.2) is 18.6 Å². The molecule has 0 aromatic carbocycles. The first kappa shape index (κ1) is 21.8. The lowest BCUT2D eigenvalue weighted by molar-refractivity contribution is 0.0696. The lowest BCUT2D eigenvalue weighted by atomic mass is 9.96. The van der Waals surface area contributed by atoms with Gasteiger partial charge in [0, 0.05) is 35.8 Å². The van der Waals surface area contributed by atoms with Crippen LogP contribution in [0, 0.1) is 0 Å². The van der Waals surface area contributed by atoms with Crippen molar-refractivity contribution in [2.45, 2.75) is 26.3 Å². The number of carbonyl (C=O) groups is 1. The summed E-state index contributed by atoms with van der Waals surface area (Å²) < 4.78 is 32.7. The highest BCUT2D eigenvalue weighted by Crippen LogP contribution is 2.31. The summed E-state index contributed by atoms with van der Waals surface area (Å²) in [5, 5.41) is 12.0. The Hall–Kier alpha value is -3.49. The number of methoxy groups -OCH3 is 1. The number of rotatable bonds is 5. The minimum Gasteiger partial charge on any atom is -0.495 e. The van der Waals surface area contributed by atoms with Crippen molar-refractivity contribution in [3.63, 3.8) is 0 Å². The Kier molecular flexibility index (Phi) is 7.24. The van der Waals surface area contributed by atoms with Crippen molar-refractivity contribution in [1.29, 1.82) is 0 Å². The first-order valence-electron chi connectivity index (χ1n) is 8.84. The Balaban J connectivity index is 0.00000145. The molecule has 3 rings (SSSR count). The molecule has 29 heavy (non-hydrogen) atoms. The number of dihydropyridines is 1. The molecular formula is C20H21F2N3O4. The summed E-state index contributed by atoms with van der Waals surface area (Å²) in [6.07, 6.45) is 2.30. The summed E-state index contributed by atoms with van der Waals surface area (Å²) in [4.78, 5) is 27.7. The number of nitrogens with one attached hydrogen (secondary N) is 1. The molecule has 0 fully saturated rings. The Bertz CT molecular complexity index is 999. The molecule has 7 nitrogen and oxygen atoms in total. The van der Waals surface area contributed by atoms with E-state index in [1.54, 1.807) is 12.1 Å². The number of halogens is 2. The van der Waals surface area contributed by atoms with Crippen LogP contribution in [0.25, 0.3) is 11.4 Å². The molecule has 0 amide bonds. The van der Waals surface area contributed by atoms with Gasteiger partial charge < -0.3 is 15.2 Å². The van der Waals surface area contributed by atoms with E-state index in [9.17, 15) is 23.5 Å². The number of aromatic nitrogens is 2. The van der Waals surface area contributed by atoms with Crippen LogP contribution in [0.5, 0.6) is 0 Å². The van der Waals surface area contributed by atoms with E-state index in [4.69, 9.17) is 4.74 Å². The molecule has 0 saturated heterocycles. The fourth-order valence-corrected chi connectivity index (χ4v) is 2.68. The van der Waals surface area contributed by atoms with Gasteiger partial charge in [0.25, 0.3) is 12.0 Å². The van der Waals surface area contributed by atoms with Crippen molar-refractivity contribution in [1.82, 2.24) is 14.9 Å². The van der Waals surface area contributed by atoms with Crippen molar-refractivity contribution >= 4 is 11.5 Å². The number of hydrogen-bond acceptors (Lipinski definition) is 5. The Morgan fingerprint density at radius 1 is 1.34 bits per heavy atom. The topological polar surface area (TPSA) is 93.5 Å². The Labute approximate surface area is 166 Å². The van der Waals surface area contributed by atoms with Gasteiger partial charge in [-0.3, -0.25) is 9.36 Å². The van der Waals surface area contributed by atoms with Gasteiger partial charge in [0.2, 0.25) is 0 Å². The van der Waals surface area contributed by atoms with Crippen LogP contribution in [0.1, 0.15) is 29.8 Å². The minimum atomic E-state index is -2.71. The molecule has 0 radical (unpaired) electrons.